The Bertz CT molecular complexity index is 1180. The highest BCUT2D eigenvalue weighted by atomic mass is 16.5. The van der Waals surface area contributed by atoms with Crippen LogP contribution in [0.3, 0.4) is 0 Å². The number of benzene rings is 3. The summed E-state index contributed by atoms with van der Waals surface area (Å²) >= 11 is 0. The third kappa shape index (κ3) is 5.74. The highest BCUT2D eigenvalue weighted by molar-refractivity contribution is 5.84. The van der Waals surface area contributed by atoms with E-state index in [2.05, 4.69) is 29.6 Å². The quantitative estimate of drug-likeness (QED) is 0.434. The number of nitrogens with zero attached hydrogens (tertiary/aromatic N) is 1. The van der Waals surface area contributed by atoms with Crippen LogP contribution in [0.5, 0.6) is 0 Å². The van der Waals surface area contributed by atoms with Crippen LogP contribution in [0.25, 0.3) is 11.1 Å². The molecule has 3 aromatic rings. The molecule has 1 aliphatic rings. The fourth-order valence-corrected chi connectivity index (χ4v) is 4.70. The van der Waals surface area contributed by atoms with Crippen LogP contribution in [0.1, 0.15) is 36.0 Å². The van der Waals surface area contributed by atoms with Gasteiger partial charge >= 0.3 is 12.1 Å². The van der Waals surface area contributed by atoms with Crippen molar-refractivity contribution >= 4 is 18.0 Å². The molecule has 1 unspecified atom stereocenters. The van der Waals surface area contributed by atoms with Crippen LogP contribution < -0.4 is 5.32 Å². The largest absolute Gasteiger partial charge is 0.480 e. The lowest BCUT2D eigenvalue weighted by Gasteiger charge is -2.26. The Morgan fingerprint density at radius 1 is 0.917 bits per heavy atom. The van der Waals surface area contributed by atoms with Gasteiger partial charge < -0.3 is 20.1 Å². The zero-order chi connectivity index (χ0) is 25.5. The van der Waals surface area contributed by atoms with Crippen molar-refractivity contribution in [3.8, 4) is 11.1 Å². The summed E-state index contributed by atoms with van der Waals surface area (Å²) in [6.07, 6.45) is -0.149. The molecule has 1 atom stereocenters. The number of nitrogens with one attached hydrogen (secondary N) is 1. The van der Waals surface area contributed by atoms with Crippen molar-refractivity contribution < 1.29 is 24.2 Å². The number of carbonyl (C=O) groups excluding carboxylic acids is 2. The summed E-state index contributed by atoms with van der Waals surface area (Å²) in [4.78, 5) is 38.4. The van der Waals surface area contributed by atoms with Crippen LogP contribution in [0.2, 0.25) is 0 Å². The number of rotatable bonds is 10. The number of ether oxygens (including phenoxy) is 1. The van der Waals surface area contributed by atoms with Gasteiger partial charge in [0.2, 0.25) is 5.91 Å². The summed E-state index contributed by atoms with van der Waals surface area (Å²) in [6, 6.07) is 25.4. The molecular formula is C29H30N2O5. The molecule has 0 spiro atoms. The number of alkyl carbamates (subject to hydrolysis) is 1. The summed E-state index contributed by atoms with van der Waals surface area (Å²) in [5.74, 6) is -2.02. The van der Waals surface area contributed by atoms with Gasteiger partial charge in [0.05, 0.1) is 5.92 Å². The van der Waals surface area contributed by atoms with Gasteiger partial charge in [0.15, 0.2) is 0 Å². The van der Waals surface area contributed by atoms with Gasteiger partial charge in [-0.25, -0.2) is 4.79 Å². The SMILES string of the molecule is CCC(CNC(=O)OCC1c2ccccc2-c2ccccc21)C(=O)N(CC(=O)O)Cc1ccccc1. The van der Waals surface area contributed by atoms with Crippen molar-refractivity contribution in [2.45, 2.75) is 25.8 Å². The van der Waals surface area contributed by atoms with Crippen LogP contribution in [0, 0.1) is 5.92 Å². The Balaban J connectivity index is 1.35. The molecule has 0 aromatic heterocycles. The Hall–Kier alpha value is -4.13. The maximum Gasteiger partial charge on any atom is 0.407 e. The van der Waals surface area contributed by atoms with E-state index in [1.165, 1.54) is 4.90 Å². The highest BCUT2D eigenvalue weighted by Gasteiger charge is 2.29. The maximum atomic E-state index is 13.1. The van der Waals surface area contributed by atoms with Gasteiger partial charge in [0.25, 0.3) is 0 Å². The summed E-state index contributed by atoms with van der Waals surface area (Å²) in [5.41, 5.74) is 5.38. The number of carboxylic acids is 1. The first-order valence-corrected chi connectivity index (χ1v) is 12.1. The van der Waals surface area contributed by atoms with Gasteiger partial charge in [-0.1, -0.05) is 85.8 Å². The number of carbonyl (C=O) groups is 3. The number of hydrogen-bond acceptors (Lipinski definition) is 4. The molecule has 0 heterocycles. The van der Waals surface area contributed by atoms with Gasteiger partial charge in [0.1, 0.15) is 13.2 Å². The summed E-state index contributed by atoms with van der Waals surface area (Å²) < 4.78 is 5.57. The minimum Gasteiger partial charge on any atom is -0.480 e. The van der Waals surface area contributed by atoms with Crippen molar-refractivity contribution in [1.29, 1.82) is 0 Å². The molecule has 2 N–H and O–H groups in total. The molecule has 2 amide bonds. The number of amides is 2. The Morgan fingerprint density at radius 2 is 1.50 bits per heavy atom. The van der Waals surface area contributed by atoms with E-state index < -0.39 is 24.5 Å². The zero-order valence-electron chi connectivity index (χ0n) is 20.2. The second kappa shape index (κ2) is 11.5. The number of carboxylic acid groups (broad SMARTS) is 1. The lowest BCUT2D eigenvalue weighted by atomic mass is 9.98. The standard InChI is InChI=1S/C29H30N2O5/c1-2-21(28(34)31(18-27(32)33)17-20-10-4-3-5-11-20)16-30-29(35)36-19-26-24-14-8-6-12-22(24)23-13-7-9-15-25(23)26/h3-15,21,26H,2,16-19H2,1H3,(H,30,35)(H,32,33). The predicted molar refractivity (Wildman–Crippen MR) is 136 cm³/mol. The van der Waals surface area contributed by atoms with E-state index in [0.29, 0.717) is 6.42 Å². The van der Waals surface area contributed by atoms with Crippen molar-refractivity contribution in [3.63, 3.8) is 0 Å². The molecule has 1 aliphatic carbocycles. The number of hydrogen-bond donors (Lipinski definition) is 2. The topological polar surface area (TPSA) is 95.9 Å². The van der Waals surface area contributed by atoms with E-state index >= 15 is 0 Å². The molecule has 0 saturated carbocycles. The summed E-state index contributed by atoms with van der Waals surface area (Å²) in [7, 11) is 0. The van der Waals surface area contributed by atoms with E-state index in [-0.39, 0.29) is 31.5 Å². The minimum atomic E-state index is -1.08. The van der Waals surface area contributed by atoms with E-state index in [1.54, 1.807) is 0 Å². The van der Waals surface area contributed by atoms with Crippen LogP contribution in [-0.2, 0) is 20.9 Å². The van der Waals surface area contributed by atoms with Crippen molar-refractivity contribution in [1.82, 2.24) is 10.2 Å². The zero-order valence-corrected chi connectivity index (χ0v) is 20.2. The third-order valence-electron chi connectivity index (χ3n) is 6.53. The van der Waals surface area contributed by atoms with E-state index in [0.717, 1.165) is 27.8 Å². The first-order chi connectivity index (χ1) is 17.5. The molecule has 0 bridgehead atoms. The molecular weight excluding hydrogens is 456 g/mol. The maximum absolute atomic E-state index is 13.1. The number of aliphatic carboxylic acids is 1. The van der Waals surface area contributed by atoms with Crippen molar-refractivity contribution in [2.24, 2.45) is 5.92 Å². The van der Waals surface area contributed by atoms with Gasteiger partial charge in [-0.05, 0) is 34.2 Å². The molecule has 7 nitrogen and oxygen atoms in total. The van der Waals surface area contributed by atoms with E-state index in [4.69, 9.17) is 4.74 Å². The van der Waals surface area contributed by atoms with Crippen LogP contribution in [0.4, 0.5) is 4.79 Å². The first-order valence-electron chi connectivity index (χ1n) is 12.1. The molecule has 4 rings (SSSR count). The summed E-state index contributed by atoms with van der Waals surface area (Å²) in [5, 5.41) is 12.0. The molecule has 0 fully saturated rings. The van der Waals surface area contributed by atoms with E-state index in [9.17, 15) is 19.5 Å². The van der Waals surface area contributed by atoms with Crippen molar-refractivity contribution in [3.05, 3.63) is 95.6 Å². The fraction of sp³-hybridized carbons (Fsp3) is 0.276. The Kier molecular flexibility index (Phi) is 8.00. The van der Waals surface area contributed by atoms with Gasteiger partial charge in [-0.2, -0.15) is 0 Å². The molecule has 0 saturated heterocycles. The van der Waals surface area contributed by atoms with Gasteiger partial charge in [0, 0.05) is 19.0 Å². The highest BCUT2D eigenvalue weighted by Crippen LogP contribution is 2.44. The fourth-order valence-electron chi connectivity index (χ4n) is 4.70. The second-order valence-corrected chi connectivity index (χ2v) is 8.89. The van der Waals surface area contributed by atoms with Gasteiger partial charge in [-0.15, -0.1) is 0 Å². The van der Waals surface area contributed by atoms with Crippen molar-refractivity contribution in [2.75, 3.05) is 19.7 Å². The summed E-state index contributed by atoms with van der Waals surface area (Å²) in [6.45, 7) is 1.87. The Morgan fingerprint density at radius 3 is 2.08 bits per heavy atom. The first kappa shape index (κ1) is 25.0. The average molecular weight is 487 g/mol. The van der Waals surface area contributed by atoms with Crippen LogP contribution >= 0.6 is 0 Å². The second-order valence-electron chi connectivity index (χ2n) is 8.89. The molecule has 0 radical (unpaired) electrons. The third-order valence-corrected chi connectivity index (χ3v) is 6.53. The lowest BCUT2D eigenvalue weighted by molar-refractivity contribution is -0.146. The average Bonchev–Trinajstić information content (AvgIpc) is 3.21. The molecule has 186 valence electrons. The number of fused-ring (bicyclic) bond motifs is 3. The molecule has 0 aliphatic heterocycles. The normalized spacial score (nSPS) is 12.8. The lowest BCUT2D eigenvalue weighted by Crippen LogP contribution is -2.43. The van der Waals surface area contributed by atoms with Crippen LogP contribution in [-0.4, -0.2) is 47.7 Å². The molecule has 3 aromatic carbocycles. The molecule has 36 heavy (non-hydrogen) atoms. The van der Waals surface area contributed by atoms with Gasteiger partial charge in [-0.3, -0.25) is 9.59 Å². The van der Waals surface area contributed by atoms with E-state index in [1.807, 2.05) is 61.5 Å². The molecule has 7 heteroatoms. The predicted octanol–water partition coefficient (Wildman–Crippen LogP) is 4.66. The smallest absolute Gasteiger partial charge is 0.407 e. The monoisotopic (exact) mass is 486 g/mol. The Labute approximate surface area is 210 Å². The minimum absolute atomic E-state index is 0.0521. The van der Waals surface area contributed by atoms with Crippen LogP contribution in [0.15, 0.2) is 78.9 Å².